The topological polar surface area (TPSA) is 97.7 Å². The fourth-order valence-electron chi connectivity index (χ4n) is 4.53. The average Bonchev–Trinajstić information content (AvgIpc) is 2.74. The number of morpholine rings is 1. The van der Waals surface area contributed by atoms with E-state index in [2.05, 4.69) is 35.5 Å². The normalized spacial score (nSPS) is 26.1. The second kappa shape index (κ2) is 11.1. The molecule has 2 aliphatic heterocycles. The maximum absolute atomic E-state index is 13.3. The first kappa shape index (κ1) is 25.4. The van der Waals surface area contributed by atoms with Crippen molar-refractivity contribution in [1.82, 2.24) is 20.4 Å². The fourth-order valence-corrected chi connectivity index (χ4v) is 4.53. The zero-order chi connectivity index (χ0) is 23.1. The lowest BCUT2D eigenvalue weighted by molar-refractivity contribution is -0.125. The molecule has 0 aromatic heterocycles. The quantitative estimate of drug-likeness (QED) is 0.640. The van der Waals surface area contributed by atoms with E-state index in [0.29, 0.717) is 45.6 Å². The van der Waals surface area contributed by atoms with Gasteiger partial charge in [-0.3, -0.25) is 4.79 Å². The molecule has 8 nitrogen and oxygen atoms in total. The summed E-state index contributed by atoms with van der Waals surface area (Å²) < 4.78 is 5.32. The molecular weight excluding hydrogens is 394 g/mol. The predicted octanol–water partition coefficient (Wildman–Crippen LogP) is 2.50. The second-order valence-electron chi connectivity index (χ2n) is 10.1. The van der Waals surface area contributed by atoms with Gasteiger partial charge in [-0.2, -0.15) is 5.26 Å². The highest BCUT2D eigenvalue weighted by Crippen LogP contribution is 2.29. The van der Waals surface area contributed by atoms with E-state index in [4.69, 9.17) is 4.74 Å². The summed E-state index contributed by atoms with van der Waals surface area (Å²) >= 11 is 0. The first-order valence-electron chi connectivity index (χ1n) is 11.7. The summed E-state index contributed by atoms with van der Waals surface area (Å²) in [5.41, 5.74) is -1.04. The van der Waals surface area contributed by atoms with E-state index >= 15 is 0 Å². The lowest BCUT2D eigenvalue weighted by Crippen LogP contribution is -2.62. The van der Waals surface area contributed by atoms with Gasteiger partial charge in [0.2, 0.25) is 5.91 Å². The van der Waals surface area contributed by atoms with Crippen molar-refractivity contribution in [2.45, 2.75) is 84.3 Å². The monoisotopic (exact) mass is 435 g/mol. The number of likely N-dealkylation sites (tertiary alicyclic amines) is 1. The first-order valence-corrected chi connectivity index (χ1v) is 11.7. The molecule has 2 fully saturated rings. The Hall–Kier alpha value is -1.85. The van der Waals surface area contributed by atoms with Crippen LogP contribution in [-0.2, 0) is 9.53 Å². The molecule has 0 spiro atoms. The van der Waals surface area contributed by atoms with E-state index in [1.54, 1.807) is 4.90 Å². The molecule has 31 heavy (non-hydrogen) atoms. The van der Waals surface area contributed by atoms with Crippen molar-refractivity contribution in [3.05, 3.63) is 0 Å². The lowest BCUT2D eigenvalue weighted by Gasteiger charge is -2.44. The number of urea groups is 1. The zero-order valence-corrected chi connectivity index (χ0v) is 20.0. The Kier molecular flexibility index (Phi) is 9.14. The minimum absolute atomic E-state index is 0.156. The molecule has 0 radical (unpaired) electrons. The molecule has 3 amide bonds. The fraction of sp³-hybridized carbons (Fsp3) is 0.870. The maximum Gasteiger partial charge on any atom is 0.318 e. The Labute approximate surface area is 187 Å². The van der Waals surface area contributed by atoms with Gasteiger partial charge in [0.1, 0.15) is 11.6 Å². The molecule has 0 bridgehead atoms. The summed E-state index contributed by atoms with van der Waals surface area (Å²) in [5, 5.41) is 16.0. The number of nitrogens with one attached hydrogen (secondary N) is 2. The molecule has 0 aromatic carbocycles. The summed E-state index contributed by atoms with van der Waals surface area (Å²) in [4.78, 5) is 30.2. The van der Waals surface area contributed by atoms with Gasteiger partial charge in [-0.1, -0.05) is 34.6 Å². The van der Waals surface area contributed by atoms with E-state index in [9.17, 15) is 14.9 Å². The largest absolute Gasteiger partial charge is 0.378 e. The van der Waals surface area contributed by atoms with Crippen LogP contribution < -0.4 is 10.6 Å². The molecular formula is C23H41N5O3. The van der Waals surface area contributed by atoms with E-state index in [1.165, 1.54) is 0 Å². The molecule has 2 N–H and O–H groups in total. The molecule has 3 unspecified atom stereocenters. The van der Waals surface area contributed by atoms with Crippen molar-refractivity contribution in [3.8, 4) is 6.07 Å². The Morgan fingerprint density at radius 3 is 2.45 bits per heavy atom. The third-order valence-electron chi connectivity index (χ3n) is 6.21. The molecule has 2 aliphatic rings. The number of carbonyl (C=O) groups is 2. The molecule has 0 aromatic rings. The number of hydrogen-bond acceptors (Lipinski definition) is 5. The van der Waals surface area contributed by atoms with Crippen LogP contribution in [0, 0.1) is 16.7 Å². The van der Waals surface area contributed by atoms with Gasteiger partial charge in [0, 0.05) is 25.7 Å². The van der Waals surface area contributed by atoms with Crippen molar-refractivity contribution in [3.63, 3.8) is 0 Å². The van der Waals surface area contributed by atoms with Gasteiger partial charge >= 0.3 is 6.03 Å². The van der Waals surface area contributed by atoms with Gasteiger partial charge in [0.25, 0.3) is 0 Å². The number of nitriles is 1. The van der Waals surface area contributed by atoms with Gasteiger partial charge in [-0.15, -0.1) is 0 Å². The van der Waals surface area contributed by atoms with E-state index in [1.807, 2.05) is 20.8 Å². The number of carbonyl (C=O) groups excluding carboxylic acids is 2. The van der Waals surface area contributed by atoms with Crippen LogP contribution in [-0.4, -0.2) is 78.8 Å². The third-order valence-corrected chi connectivity index (χ3v) is 6.21. The first-order chi connectivity index (χ1) is 14.6. The highest BCUT2D eigenvalue weighted by molar-refractivity contribution is 5.88. The third kappa shape index (κ3) is 7.36. The highest BCUT2D eigenvalue weighted by atomic mass is 16.5. The Bertz CT molecular complexity index is 651. The van der Waals surface area contributed by atoms with Crippen molar-refractivity contribution in [2.24, 2.45) is 5.41 Å². The Balaban J connectivity index is 2.11. The second-order valence-corrected chi connectivity index (χ2v) is 10.1. The highest BCUT2D eigenvalue weighted by Gasteiger charge is 2.42. The average molecular weight is 436 g/mol. The number of rotatable bonds is 7. The van der Waals surface area contributed by atoms with Crippen LogP contribution in [0.3, 0.4) is 0 Å². The minimum atomic E-state index is -0.887. The van der Waals surface area contributed by atoms with Crippen LogP contribution in [0.4, 0.5) is 4.79 Å². The standard InChI is InChI=1S/C23H41N5O3/c1-6-9-27-10-8-23(17-24,15-18(27)7-2)26-20(29)19(16-22(3,4)5)25-21(30)28-11-13-31-14-12-28/h18-19H,6-16H2,1-5H3,(H,25,30)(H,26,29). The molecule has 8 heteroatoms. The number of amides is 3. The number of piperidine rings is 1. The molecule has 0 aliphatic carbocycles. The SMILES string of the molecule is CCCN1CCC(C#N)(NC(=O)C(CC(C)(C)C)NC(=O)N2CCOCC2)CC1CC. The Morgan fingerprint density at radius 1 is 1.23 bits per heavy atom. The molecule has 2 saturated heterocycles. The van der Waals surface area contributed by atoms with Crippen molar-refractivity contribution in [1.29, 1.82) is 5.26 Å². The van der Waals surface area contributed by atoms with E-state index < -0.39 is 11.6 Å². The summed E-state index contributed by atoms with van der Waals surface area (Å²) in [6, 6.07) is 1.75. The molecule has 2 heterocycles. The summed E-state index contributed by atoms with van der Waals surface area (Å²) in [5.74, 6) is -0.267. The van der Waals surface area contributed by atoms with Gasteiger partial charge in [0.05, 0.1) is 19.3 Å². The van der Waals surface area contributed by atoms with Crippen LogP contribution in [0.15, 0.2) is 0 Å². The maximum atomic E-state index is 13.3. The molecule has 0 saturated carbocycles. The zero-order valence-electron chi connectivity index (χ0n) is 20.0. The van der Waals surface area contributed by atoms with Gasteiger partial charge in [0.15, 0.2) is 0 Å². The van der Waals surface area contributed by atoms with Gasteiger partial charge in [-0.05, 0) is 44.1 Å². The lowest BCUT2D eigenvalue weighted by atomic mass is 9.82. The Morgan fingerprint density at radius 2 is 1.90 bits per heavy atom. The van der Waals surface area contributed by atoms with Crippen LogP contribution in [0.1, 0.15) is 66.7 Å². The number of ether oxygens (including phenoxy) is 1. The summed E-state index contributed by atoms with van der Waals surface area (Å²) in [7, 11) is 0. The van der Waals surface area contributed by atoms with Crippen LogP contribution in [0.25, 0.3) is 0 Å². The van der Waals surface area contributed by atoms with E-state index in [0.717, 1.165) is 25.9 Å². The van der Waals surface area contributed by atoms with Crippen LogP contribution in [0.5, 0.6) is 0 Å². The number of hydrogen-bond donors (Lipinski definition) is 2. The van der Waals surface area contributed by atoms with Crippen molar-refractivity contribution >= 4 is 11.9 Å². The smallest absolute Gasteiger partial charge is 0.318 e. The summed E-state index contributed by atoms with van der Waals surface area (Å²) in [6.07, 6.45) is 3.73. The molecule has 2 rings (SSSR count). The van der Waals surface area contributed by atoms with Crippen molar-refractivity contribution in [2.75, 3.05) is 39.4 Å². The number of nitrogens with zero attached hydrogens (tertiary/aromatic N) is 3. The van der Waals surface area contributed by atoms with E-state index in [-0.39, 0.29) is 23.4 Å². The minimum Gasteiger partial charge on any atom is -0.378 e. The van der Waals surface area contributed by atoms with Gasteiger partial charge in [-0.25, -0.2) is 4.79 Å². The predicted molar refractivity (Wildman–Crippen MR) is 120 cm³/mol. The summed E-state index contributed by atoms with van der Waals surface area (Å²) in [6.45, 7) is 14.3. The van der Waals surface area contributed by atoms with Crippen LogP contribution in [0.2, 0.25) is 0 Å². The molecule has 176 valence electrons. The van der Waals surface area contributed by atoms with Crippen LogP contribution >= 0.6 is 0 Å². The van der Waals surface area contributed by atoms with Crippen molar-refractivity contribution < 1.29 is 14.3 Å². The van der Waals surface area contributed by atoms with Gasteiger partial charge < -0.3 is 25.2 Å². The molecule has 3 atom stereocenters.